The maximum atomic E-state index is 12.2. The minimum absolute atomic E-state index is 0.0121. The highest BCUT2D eigenvalue weighted by atomic mass is 127. The predicted molar refractivity (Wildman–Crippen MR) is 84.1 cm³/mol. The lowest BCUT2D eigenvalue weighted by Gasteiger charge is -2.14. The Balaban J connectivity index is 1.76. The van der Waals surface area contributed by atoms with Crippen LogP contribution in [-0.2, 0) is 6.42 Å². The molecule has 0 aromatic heterocycles. The molecule has 0 saturated heterocycles. The SMILES string of the molecule is O=C(N[C@H]1CCc2ccccc21)c1ccc(I)cc1. The van der Waals surface area contributed by atoms with Crippen molar-refractivity contribution >= 4 is 28.5 Å². The van der Waals surface area contributed by atoms with Gasteiger partial charge >= 0.3 is 0 Å². The zero-order valence-corrected chi connectivity index (χ0v) is 12.6. The highest BCUT2D eigenvalue weighted by Gasteiger charge is 2.23. The summed E-state index contributed by atoms with van der Waals surface area (Å²) in [5.41, 5.74) is 3.35. The average molecular weight is 363 g/mol. The van der Waals surface area contributed by atoms with Crippen LogP contribution in [0.3, 0.4) is 0 Å². The number of benzene rings is 2. The molecule has 0 radical (unpaired) electrons. The monoisotopic (exact) mass is 363 g/mol. The van der Waals surface area contributed by atoms with Crippen LogP contribution in [0, 0.1) is 3.57 Å². The number of carbonyl (C=O) groups is 1. The lowest BCUT2D eigenvalue weighted by molar-refractivity contribution is 0.0936. The van der Waals surface area contributed by atoms with Crippen LogP contribution in [0.25, 0.3) is 0 Å². The van der Waals surface area contributed by atoms with E-state index in [1.165, 1.54) is 11.1 Å². The third-order valence-electron chi connectivity index (χ3n) is 3.54. The van der Waals surface area contributed by atoms with Crippen LogP contribution in [0.2, 0.25) is 0 Å². The number of rotatable bonds is 2. The van der Waals surface area contributed by atoms with E-state index in [0.717, 1.165) is 22.0 Å². The number of hydrogen-bond donors (Lipinski definition) is 1. The summed E-state index contributed by atoms with van der Waals surface area (Å²) in [4.78, 5) is 12.2. The van der Waals surface area contributed by atoms with Crippen molar-refractivity contribution in [3.05, 3.63) is 68.8 Å². The number of hydrogen-bond acceptors (Lipinski definition) is 1. The van der Waals surface area contributed by atoms with Crippen LogP contribution in [0.5, 0.6) is 0 Å². The molecule has 3 rings (SSSR count). The molecule has 2 nitrogen and oxygen atoms in total. The summed E-state index contributed by atoms with van der Waals surface area (Å²) in [6, 6.07) is 16.2. The van der Waals surface area contributed by atoms with Crippen LogP contribution in [0.4, 0.5) is 0 Å². The smallest absolute Gasteiger partial charge is 0.251 e. The fourth-order valence-electron chi connectivity index (χ4n) is 2.55. The standard InChI is InChI=1S/C16H14INO/c17-13-8-5-12(6-9-13)16(19)18-15-10-7-11-3-1-2-4-14(11)15/h1-6,8-9,15H,7,10H2,(H,18,19)/t15-/m0/s1. The quantitative estimate of drug-likeness (QED) is 0.810. The van der Waals surface area contributed by atoms with Gasteiger partial charge in [-0.15, -0.1) is 0 Å². The second kappa shape index (κ2) is 5.33. The summed E-state index contributed by atoms with van der Waals surface area (Å²) in [5, 5.41) is 3.13. The average Bonchev–Trinajstić information content (AvgIpc) is 2.83. The molecule has 0 bridgehead atoms. The van der Waals surface area contributed by atoms with Crippen molar-refractivity contribution in [2.45, 2.75) is 18.9 Å². The topological polar surface area (TPSA) is 29.1 Å². The number of halogens is 1. The molecule has 0 fully saturated rings. The molecule has 0 spiro atoms. The van der Waals surface area contributed by atoms with Crippen molar-refractivity contribution < 1.29 is 4.79 Å². The van der Waals surface area contributed by atoms with Gasteiger partial charge in [-0.25, -0.2) is 0 Å². The molecule has 0 unspecified atom stereocenters. The van der Waals surface area contributed by atoms with Crippen LogP contribution in [0.1, 0.15) is 33.9 Å². The van der Waals surface area contributed by atoms with Gasteiger partial charge in [0, 0.05) is 9.13 Å². The van der Waals surface area contributed by atoms with Crippen LogP contribution < -0.4 is 5.32 Å². The van der Waals surface area contributed by atoms with E-state index in [-0.39, 0.29) is 11.9 Å². The van der Waals surface area contributed by atoms with Gasteiger partial charge in [-0.2, -0.15) is 0 Å². The molecule has 0 saturated carbocycles. The largest absolute Gasteiger partial charge is 0.345 e. The van der Waals surface area contributed by atoms with E-state index in [1.54, 1.807) is 0 Å². The Kier molecular flexibility index (Phi) is 3.55. The lowest BCUT2D eigenvalue weighted by Crippen LogP contribution is -2.27. The van der Waals surface area contributed by atoms with Gasteiger partial charge in [-0.05, 0) is 70.8 Å². The molecule has 2 aromatic rings. The van der Waals surface area contributed by atoms with Gasteiger partial charge in [0.15, 0.2) is 0 Å². The molecule has 1 aliphatic carbocycles. The number of nitrogens with one attached hydrogen (secondary N) is 1. The zero-order chi connectivity index (χ0) is 13.2. The summed E-state index contributed by atoms with van der Waals surface area (Å²) in [6.07, 6.45) is 2.04. The molecule has 1 atom stereocenters. The lowest BCUT2D eigenvalue weighted by atomic mass is 10.1. The van der Waals surface area contributed by atoms with E-state index in [0.29, 0.717) is 0 Å². The minimum atomic E-state index is 0.0121. The molecule has 2 aromatic carbocycles. The van der Waals surface area contributed by atoms with Crippen LogP contribution in [-0.4, -0.2) is 5.91 Å². The molecule has 96 valence electrons. The molecular formula is C16H14INO. The first-order chi connectivity index (χ1) is 9.24. The highest BCUT2D eigenvalue weighted by molar-refractivity contribution is 14.1. The molecule has 1 N–H and O–H groups in total. The normalized spacial score (nSPS) is 17.0. The van der Waals surface area contributed by atoms with Gasteiger partial charge in [0.05, 0.1) is 6.04 Å². The van der Waals surface area contributed by atoms with E-state index in [2.05, 4.69) is 46.1 Å². The van der Waals surface area contributed by atoms with E-state index in [4.69, 9.17) is 0 Å². The van der Waals surface area contributed by atoms with Gasteiger partial charge in [0.1, 0.15) is 0 Å². The fourth-order valence-corrected chi connectivity index (χ4v) is 2.91. The third-order valence-corrected chi connectivity index (χ3v) is 4.26. The van der Waals surface area contributed by atoms with Gasteiger partial charge in [-0.3, -0.25) is 4.79 Å². The Hall–Kier alpha value is -1.36. The summed E-state index contributed by atoms with van der Waals surface area (Å²) in [5.74, 6) is 0.0121. The van der Waals surface area contributed by atoms with Gasteiger partial charge in [0.25, 0.3) is 5.91 Å². The predicted octanol–water partition coefficient (Wildman–Crippen LogP) is 3.71. The highest BCUT2D eigenvalue weighted by Crippen LogP contribution is 2.30. The third kappa shape index (κ3) is 2.66. The first-order valence-corrected chi connectivity index (χ1v) is 7.46. The van der Waals surface area contributed by atoms with Crippen molar-refractivity contribution in [3.8, 4) is 0 Å². The summed E-state index contributed by atoms with van der Waals surface area (Å²) in [6.45, 7) is 0. The van der Waals surface area contributed by atoms with Crippen molar-refractivity contribution in [2.24, 2.45) is 0 Å². The Morgan fingerprint density at radius 3 is 2.63 bits per heavy atom. The van der Waals surface area contributed by atoms with Crippen molar-refractivity contribution in [1.82, 2.24) is 5.32 Å². The maximum Gasteiger partial charge on any atom is 0.251 e. The Morgan fingerprint density at radius 2 is 1.84 bits per heavy atom. The number of fused-ring (bicyclic) bond motifs is 1. The number of carbonyl (C=O) groups excluding carboxylic acids is 1. The zero-order valence-electron chi connectivity index (χ0n) is 10.4. The Morgan fingerprint density at radius 1 is 1.11 bits per heavy atom. The van der Waals surface area contributed by atoms with Gasteiger partial charge < -0.3 is 5.32 Å². The van der Waals surface area contributed by atoms with Crippen molar-refractivity contribution in [1.29, 1.82) is 0 Å². The van der Waals surface area contributed by atoms with E-state index in [9.17, 15) is 4.79 Å². The maximum absolute atomic E-state index is 12.2. The van der Waals surface area contributed by atoms with E-state index >= 15 is 0 Å². The van der Waals surface area contributed by atoms with Gasteiger partial charge in [-0.1, -0.05) is 24.3 Å². The second-order valence-electron chi connectivity index (χ2n) is 4.77. The molecule has 3 heteroatoms. The summed E-state index contributed by atoms with van der Waals surface area (Å²) >= 11 is 2.24. The number of aryl methyl sites for hydroxylation is 1. The fraction of sp³-hybridized carbons (Fsp3) is 0.188. The molecule has 19 heavy (non-hydrogen) atoms. The first kappa shape index (κ1) is 12.7. The summed E-state index contributed by atoms with van der Waals surface area (Å²) < 4.78 is 1.14. The van der Waals surface area contributed by atoms with Crippen LogP contribution in [0.15, 0.2) is 48.5 Å². The Labute approximate surface area is 126 Å². The van der Waals surface area contributed by atoms with Crippen LogP contribution >= 0.6 is 22.6 Å². The summed E-state index contributed by atoms with van der Waals surface area (Å²) in [7, 11) is 0. The first-order valence-electron chi connectivity index (χ1n) is 6.38. The van der Waals surface area contributed by atoms with Gasteiger partial charge in [0.2, 0.25) is 0 Å². The number of amides is 1. The Bertz CT molecular complexity index is 606. The van der Waals surface area contributed by atoms with E-state index < -0.39 is 0 Å². The van der Waals surface area contributed by atoms with Crippen molar-refractivity contribution in [3.63, 3.8) is 0 Å². The molecule has 0 heterocycles. The molecular weight excluding hydrogens is 349 g/mol. The molecule has 0 aliphatic heterocycles. The minimum Gasteiger partial charge on any atom is -0.345 e. The van der Waals surface area contributed by atoms with Crippen molar-refractivity contribution in [2.75, 3.05) is 0 Å². The second-order valence-corrected chi connectivity index (χ2v) is 6.02. The van der Waals surface area contributed by atoms with E-state index in [1.807, 2.05) is 30.3 Å². The molecule has 1 aliphatic rings. The molecule has 1 amide bonds.